The molecular formula is C16H27N3. The van der Waals surface area contributed by atoms with Gasteiger partial charge < -0.3 is 11.1 Å². The van der Waals surface area contributed by atoms with Gasteiger partial charge in [-0.15, -0.1) is 0 Å². The third-order valence-corrected chi connectivity index (χ3v) is 3.16. The van der Waals surface area contributed by atoms with Gasteiger partial charge in [0.2, 0.25) is 0 Å². The Morgan fingerprint density at radius 1 is 1.16 bits per heavy atom. The minimum atomic E-state index is 0.453. The number of aliphatic imine (C=N–C) groups is 1. The van der Waals surface area contributed by atoms with E-state index in [0.717, 1.165) is 13.1 Å². The lowest BCUT2D eigenvalue weighted by Gasteiger charge is -2.22. The molecule has 3 N–H and O–H groups in total. The van der Waals surface area contributed by atoms with Crippen LogP contribution in [0.25, 0.3) is 0 Å². The van der Waals surface area contributed by atoms with E-state index in [9.17, 15) is 0 Å². The lowest BCUT2D eigenvalue weighted by atomic mass is 9.88. The summed E-state index contributed by atoms with van der Waals surface area (Å²) in [5.41, 5.74) is 7.24. The molecule has 1 aromatic carbocycles. The lowest BCUT2D eigenvalue weighted by molar-refractivity contribution is 0.489. The molecule has 0 bridgehead atoms. The van der Waals surface area contributed by atoms with Crippen molar-refractivity contribution in [2.45, 2.75) is 33.6 Å². The van der Waals surface area contributed by atoms with Crippen LogP contribution in [0.15, 0.2) is 35.3 Å². The van der Waals surface area contributed by atoms with E-state index in [-0.39, 0.29) is 0 Å². The van der Waals surface area contributed by atoms with Crippen LogP contribution in [0.1, 0.15) is 39.2 Å². The van der Waals surface area contributed by atoms with Gasteiger partial charge >= 0.3 is 0 Å². The first-order valence-electron chi connectivity index (χ1n) is 7.09. The van der Waals surface area contributed by atoms with Crippen LogP contribution in [0.4, 0.5) is 0 Å². The maximum absolute atomic E-state index is 5.89. The van der Waals surface area contributed by atoms with Crippen molar-refractivity contribution in [3.05, 3.63) is 35.9 Å². The Morgan fingerprint density at radius 2 is 1.79 bits per heavy atom. The number of hydrogen-bond donors (Lipinski definition) is 2. The smallest absolute Gasteiger partial charge is 0.188 e. The van der Waals surface area contributed by atoms with Crippen LogP contribution in [-0.2, 0) is 0 Å². The number of nitrogens with one attached hydrogen (secondary N) is 1. The van der Waals surface area contributed by atoms with E-state index >= 15 is 0 Å². The summed E-state index contributed by atoms with van der Waals surface area (Å²) in [5.74, 6) is 2.10. The van der Waals surface area contributed by atoms with E-state index in [1.165, 1.54) is 5.56 Å². The van der Waals surface area contributed by atoms with Crippen LogP contribution in [-0.4, -0.2) is 19.0 Å². The fourth-order valence-electron chi connectivity index (χ4n) is 1.99. The van der Waals surface area contributed by atoms with E-state index in [2.05, 4.69) is 62.3 Å². The molecule has 1 rings (SSSR count). The molecule has 1 aromatic rings. The maximum atomic E-state index is 5.89. The molecule has 19 heavy (non-hydrogen) atoms. The van der Waals surface area contributed by atoms with E-state index in [4.69, 9.17) is 5.73 Å². The van der Waals surface area contributed by atoms with Gasteiger partial charge in [0.15, 0.2) is 5.96 Å². The van der Waals surface area contributed by atoms with Gasteiger partial charge in [0.05, 0.1) is 0 Å². The van der Waals surface area contributed by atoms with Gasteiger partial charge in [0.25, 0.3) is 0 Å². The number of nitrogens with two attached hydrogens (primary N) is 1. The average Bonchev–Trinajstić information content (AvgIpc) is 2.37. The fourth-order valence-corrected chi connectivity index (χ4v) is 1.99. The summed E-state index contributed by atoms with van der Waals surface area (Å²) in [7, 11) is 0. The molecule has 0 radical (unpaired) electrons. The molecule has 3 heteroatoms. The third kappa shape index (κ3) is 5.77. The van der Waals surface area contributed by atoms with Gasteiger partial charge in [0.1, 0.15) is 0 Å². The molecule has 0 saturated heterocycles. The van der Waals surface area contributed by atoms with Gasteiger partial charge in [-0.1, -0.05) is 58.0 Å². The van der Waals surface area contributed by atoms with E-state index in [0.29, 0.717) is 23.7 Å². The standard InChI is InChI=1S/C16H27N3/c1-12(2)10-18-16(17)19-11-15(13(3)4)14-8-6-5-7-9-14/h5-9,12-13,15H,10-11H2,1-4H3,(H3,17,18,19). The molecule has 0 aromatic heterocycles. The molecule has 0 aliphatic rings. The van der Waals surface area contributed by atoms with Crippen LogP contribution in [0, 0.1) is 11.8 Å². The molecule has 0 fully saturated rings. The zero-order valence-corrected chi connectivity index (χ0v) is 12.6. The van der Waals surface area contributed by atoms with Crippen LogP contribution in [0.5, 0.6) is 0 Å². The highest BCUT2D eigenvalue weighted by Crippen LogP contribution is 2.23. The molecule has 3 nitrogen and oxygen atoms in total. The molecule has 0 heterocycles. The molecule has 0 spiro atoms. The van der Waals surface area contributed by atoms with Gasteiger partial charge in [-0.3, -0.25) is 4.99 Å². The van der Waals surface area contributed by atoms with Crippen molar-refractivity contribution < 1.29 is 0 Å². The average molecular weight is 261 g/mol. The number of nitrogens with zero attached hydrogens (tertiary/aromatic N) is 1. The first-order valence-corrected chi connectivity index (χ1v) is 7.09. The number of rotatable bonds is 6. The Morgan fingerprint density at radius 3 is 2.32 bits per heavy atom. The summed E-state index contributed by atoms with van der Waals surface area (Å²) in [6, 6.07) is 10.6. The molecule has 0 aliphatic carbocycles. The van der Waals surface area contributed by atoms with Crippen molar-refractivity contribution >= 4 is 5.96 Å². The quantitative estimate of drug-likeness (QED) is 0.611. The SMILES string of the molecule is CC(C)CN=C(N)NCC(c1ccccc1)C(C)C. The molecule has 0 amide bonds. The second kappa shape index (κ2) is 7.82. The van der Waals surface area contributed by atoms with E-state index in [1.807, 2.05) is 6.07 Å². The maximum Gasteiger partial charge on any atom is 0.188 e. The summed E-state index contributed by atoms with van der Waals surface area (Å²) >= 11 is 0. The highest BCUT2D eigenvalue weighted by Gasteiger charge is 2.15. The summed E-state index contributed by atoms with van der Waals surface area (Å²) < 4.78 is 0. The first-order chi connectivity index (χ1) is 9.00. The molecule has 0 aliphatic heterocycles. The topological polar surface area (TPSA) is 50.4 Å². The van der Waals surface area contributed by atoms with Crippen LogP contribution >= 0.6 is 0 Å². The number of guanidine groups is 1. The third-order valence-electron chi connectivity index (χ3n) is 3.16. The Labute approximate surface area is 117 Å². The second-order valence-corrected chi connectivity index (χ2v) is 5.76. The second-order valence-electron chi connectivity index (χ2n) is 5.76. The van der Waals surface area contributed by atoms with Gasteiger partial charge in [-0.2, -0.15) is 0 Å². The van der Waals surface area contributed by atoms with Crippen LogP contribution in [0.3, 0.4) is 0 Å². The number of hydrogen-bond acceptors (Lipinski definition) is 1. The Hall–Kier alpha value is -1.51. The zero-order valence-electron chi connectivity index (χ0n) is 12.6. The van der Waals surface area contributed by atoms with Gasteiger partial charge in [0, 0.05) is 19.0 Å². The first kappa shape index (κ1) is 15.5. The Balaban J connectivity index is 2.59. The fraction of sp³-hybridized carbons (Fsp3) is 0.562. The van der Waals surface area contributed by atoms with Gasteiger partial charge in [-0.05, 0) is 17.4 Å². The van der Waals surface area contributed by atoms with Gasteiger partial charge in [-0.25, -0.2) is 0 Å². The minimum Gasteiger partial charge on any atom is -0.370 e. The van der Waals surface area contributed by atoms with Crippen molar-refractivity contribution in [1.29, 1.82) is 0 Å². The summed E-state index contributed by atoms with van der Waals surface area (Å²) in [5, 5.41) is 3.25. The Kier molecular flexibility index (Phi) is 6.40. The van der Waals surface area contributed by atoms with Crippen molar-refractivity contribution in [1.82, 2.24) is 5.32 Å². The Bertz CT molecular complexity index is 382. The van der Waals surface area contributed by atoms with Crippen LogP contribution in [0.2, 0.25) is 0 Å². The van der Waals surface area contributed by atoms with Crippen molar-refractivity contribution in [2.24, 2.45) is 22.6 Å². The normalized spacial score (nSPS) is 13.9. The van der Waals surface area contributed by atoms with Crippen molar-refractivity contribution in [2.75, 3.05) is 13.1 Å². The zero-order chi connectivity index (χ0) is 14.3. The monoisotopic (exact) mass is 261 g/mol. The molecular weight excluding hydrogens is 234 g/mol. The molecule has 1 atom stereocenters. The molecule has 106 valence electrons. The predicted octanol–water partition coefficient (Wildman–Crippen LogP) is 2.99. The van der Waals surface area contributed by atoms with Crippen molar-refractivity contribution in [3.8, 4) is 0 Å². The summed E-state index contributed by atoms with van der Waals surface area (Å²) in [6.45, 7) is 10.3. The van der Waals surface area contributed by atoms with E-state index in [1.54, 1.807) is 0 Å². The minimum absolute atomic E-state index is 0.453. The summed E-state index contributed by atoms with van der Waals surface area (Å²) in [6.07, 6.45) is 0. The highest BCUT2D eigenvalue weighted by atomic mass is 15.1. The summed E-state index contributed by atoms with van der Waals surface area (Å²) in [4.78, 5) is 4.33. The van der Waals surface area contributed by atoms with E-state index < -0.39 is 0 Å². The molecule has 0 saturated carbocycles. The predicted molar refractivity (Wildman–Crippen MR) is 83.4 cm³/mol. The van der Waals surface area contributed by atoms with Crippen LogP contribution < -0.4 is 11.1 Å². The molecule has 1 unspecified atom stereocenters. The number of benzene rings is 1. The highest BCUT2D eigenvalue weighted by molar-refractivity contribution is 5.77. The largest absolute Gasteiger partial charge is 0.370 e. The van der Waals surface area contributed by atoms with Crippen molar-refractivity contribution in [3.63, 3.8) is 0 Å². The lowest BCUT2D eigenvalue weighted by Crippen LogP contribution is -2.36.